The van der Waals surface area contributed by atoms with E-state index in [-0.39, 0.29) is 29.9 Å². The van der Waals surface area contributed by atoms with Gasteiger partial charge in [-0.25, -0.2) is 0 Å². The van der Waals surface area contributed by atoms with E-state index in [2.05, 4.69) is 10.6 Å². The summed E-state index contributed by atoms with van der Waals surface area (Å²) in [5, 5.41) is 5.72. The molecule has 0 aliphatic carbocycles. The SMILES string of the molecule is CN(C)CCNC(=O)C(CC(=O)C(C)(C)C)N(C)C(=O)C(C)(C)CCNC(=O)C(C)(C)C. The van der Waals surface area contributed by atoms with E-state index in [9.17, 15) is 19.2 Å². The molecule has 3 amide bonds. The third kappa shape index (κ3) is 10.1. The molecule has 0 heterocycles. The zero-order valence-electron chi connectivity index (χ0n) is 22.1. The topological polar surface area (TPSA) is 98.8 Å². The molecule has 0 aromatic carbocycles. The van der Waals surface area contributed by atoms with E-state index in [0.717, 1.165) is 0 Å². The molecular weight excluding hydrogens is 408 g/mol. The monoisotopic (exact) mass is 454 g/mol. The van der Waals surface area contributed by atoms with E-state index < -0.39 is 22.3 Å². The number of likely N-dealkylation sites (N-methyl/N-ethyl adjacent to an activating group) is 2. The summed E-state index contributed by atoms with van der Waals surface area (Å²) < 4.78 is 0. The molecule has 8 nitrogen and oxygen atoms in total. The summed E-state index contributed by atoms with van der Waals surface area (Å²) in [6, 6.07) is -0.889. The van der Waals surface area contributed by atoms with Crippen LogP contribution in [0.1, 0.15) is 68.2 Å². The predicted molar refractivity (Wildman–Crippen MR) is 128 cm³/mol. The summed E-state index contributed by atoms with van der Waals surface area (Å²) in [5.74, 6) is -0.739. The predicted octanol–water partition coefficient (Wildman–Crippen LogP) is 2.08. The van der Waals surface area contributed by atoms with Crippen molar-refractivity contribution in [2.24, 2.45) is 16.2 Å². The number of hydrogen-bond acceptors (Lipinski definition) is 5. The van der Waals surface area contributed by atoms with Crippen LogP contribution >= 0.6 is 0 Å². The van der Waals surface area contributed by atoms with Gasteiger partial charge in [-0.1, -0.05) is 55.4 Å². The molecule has 0 radical (unpaired) electrons. The van der Waals surface area contributed by atoms with E-state index >= 15 is 0 Å². The van der Waals surface area contributed by atoms with Crippen LogP contribution in [-0.2, 0) is 19.2 Å². The van der Waals surface area contributed by atoms with E-state index in [0.29, 0.717) is 26.1 Å². The maximum absolute atomic E-state index is 13.3. The van der Waals surface area contributed by atoms with Crippen LogP contribution in [0.5, 0.6) is 0 Å². The molecule has 0 aliphatic heterocycles. The zero-order valence-corrected chi connectivity index (χ0v) is 22.1. The summed E-state index contributed by atoms with van der Waals surface area (Å²) in [4.78, 5) is 54.4. The van der Waals surface area contributed by atoms with Crippen LogP contribution in [0, 0.1) is 16.2 Å². The van der Waals surface area contributed by atoms with Gasteiger partial charge in [-0.05, 0) is 20.5 Å². The number of amides is 3. The lowest BCUT2D eigenvalue weighted by molar-refractivity contribution is -0.148. The number of nitrogens with zero attached hydrogens (tertiary/aromatic N) is 2. The first-order valence-electron chi connectivity index (χ1n) is 11.3. The van der Waals surface area contributed by atoms with Crippen molar-refractivity contribution >= 4 is 23.5 Å². The molecule has 32 heavy (non-hydrogen) atoms. The van der Waals surface area contributed by atoms with Gasteiger partial charge >= 0.3 is 0 Å². The van der Waals surface area contributed by atoms with Crippen molar-refractivity contribution in [3.63, 3.8) is 0 Å². The fourth-order valence-electron chi connectivity index (χ4n) is 2.89. The highest BCUT2D eigenvalue weighted by Crippen LogP contribution is 2.26. The second-order valence-corrected chi connectivity index (χ2v) is 11.5. The molecule has 0 aliphatic rings. The van der Waals surface area contributed by atoms with Gasteiger partial charge in [-0.2, -0.15) is 0 Å². The number of nitrogens with one attached hydrogen (secondary N) is 2. The minimum atomic E-state index is -0.889. The molecule has 2 N–H and O–H groups in total. The Morgan fingerprint density at radius 1 is 0.781 bits per heavy atom. The average Bonchev–Trinajstić information content (AvgIpc) is 2.62. The van der Waals surface area contributed by atoms with Gasteiger partial charge in [0.2, 0.25) is 17.7 Å². The fourth-order valence-corrected chi connectivity index (χ4v) is 2.89. The maximum Gasteiger partial charge on any atom is 0.243 e. The van der Waals surface area contributed by atoms with Gasteiger partial charge in [0.05, 0.1) is 0 Å². The summed E-state index contributed by atoms with van der Waals surface area (Å²) in [5.41, 5.74) is -1.93. The summed E-state index contributed by atoms with van der Waals surface area (Å²) in [6.45, 7) is 15.9. The largest absolute Gasteiger partial charge is 0.356 e. The highest BCUT2D eigenvalue weighted by molar-refractivity contribution is 5.95. The van der Waals surface area contributed by atoms with Crippen molar-refractivity contribution < 1.29 is 19.2 Å². The van der Waals surface area contributed by atoms with Crippen molar-refractivity contribution in [2.75, 3.05) is 40.8 Å². The van der Waals surface area contributed by atoms with Crippen LogP contribution in [0.15, 0.2) is 0 Å². The molecule has 0 fully saturated rings. The van der Waals surface area contributed by atoms with Crippen LogP contribution < -0.4 is 10.6 Å². The first-order valence-corrected chi connectivity index (χ1v) is 11.3. The van der Waals surface area contributed by atoms with Crippen LogP contribution in [0.3, 0.4) is 0 Å². The van der Waals surface area contributed by atoms with Crippen LogP contribution in [-0.4, -0.2) is 80.1 Å². The van der Waals surface area contributed by atoms with Gasteiger partial charge in [-0.15, -0.1) is 0 Å². The standard InChI is InChI=1S/C24H46N4O4/c1-22(2,3)18(29)16-17(19(30)25-14-15-27(9)10)28(11)21(32)24(7,8)12-13-26-20(31)23(4,5)6/h17H,12-16H2,1-11H3,(H,25,30)(H,26,31). The van der Waals surface area contributed by atoms with Crippen molar-refractivity contribution in [3.05, 3.63) is 0 Å². The van der Waals surface area contributed by atoms with Gasteiger partial charge in [0.1, 0.15) is 11.8 Å². The number of carbonyl (C=O) groups is 4. The van der Waals surface area contributed by atoms with Gasteiger partial charge in [-0.3, -0.25) is 19.2 Å². The Morgan fingerprint density at radius 3 is 1.75 bits per heavy atom. The lowest BCUT2D eigenvalue weighted by atomic mass is 9.84. The summed E-state index contributed by atoms with van der Waals surface area (Å²) >= 11 is 0. The number of ketones is 1. The lowest BCUT2D eigenvalue weighted by Crippen LogP contribution is -2.53. The Kier molecular flexibility index (Phi) is 11.1. The van der Waals surface area contributed by atoms with Gasteiger partial charge in [0, 0.05) is 49.3 Å². The normalized spacial score (nSPS) is 13.5. The van der Waals surface area contributed by atoms with Crippen LogP contribution in [0.4, 0.5) is 0 Å². The molecule has 0 spiro atoms. The molecule has 1 unspecified atom stereocenters. The number of hydrogen-bond donors (Lipinski definition) is 2. The molecular formula is C24H46N4O4. The summed E-state index contributed by atoms with van der Waals surface area (Å²) in [7, 11) is 5.39. The molecule has 0 saturated heterocycles. The smallest absolute Gasteiger partial charge is 0.243 e. The maximum atomic E-state index is 13.3. The van der Waals surface area contributed by atoms with Crippen molar-refractivity contribution in [3.8, 4) is 0 Å². The lowest BCUT2D eigenvalue weighted by Gasteiger charge is -2.35. The van der Waals surface area contributed by atoms with Crippen LogP contribution in [0.25, 0.3) is 0 Å². The third-order valence-electron chi connectivity index (χ3n) is 5.46. The Bertz CT molecular complexity index is 672. The fraction of sp³-hybridized carbons (Fsp3) is 0.833. The van der Waals surface area contributed by atoms with Crippen molar-refractivity contribution in [2.45, 2.75) is 74.3 Å². The molecule has 0 rings (SSSR count). The first-order chi connectivity index (χ1) is 14.3. The Hall–Kier alpha value is -1.96. The molecule has 8 heteroatoms. The second kappa shape index (κ2) is 11.8. The second-order valence-electron chi connectivity index (χ2n) is 11.5. The van der Waals surface area contributed by atoms with Crippen molar-refractivity contribution in [1.82, 2.24) is 20.4 Å². The third-order valence-corrected chi connectivity index (χ3v) is 5.46. The Balaban J connectivity index is 5.41. The zero-order chi connectivity index (χ0) is 25.5. The quantitative estimate of drug-likeness (QED) is 0.498. The molecule has 0 aromatic rings. The van der Waals surface area contributed by atoms with E-state index in [1.165, 1.54) is 4.90 Å². The highest BCUT2D eigenvalue weighted by Gasteiger charge is 2.38. The minimum Gasteiger partial charge on any atom is -0.356 e. The van der Waals surface area contributed by atoms with Crippen LogP contribution in [0.2, 0.25) is 0 Å². The van der Waals surface area contributed by atoms with E-state index in [1.807, 2.05) is 39.8 Å². The van der Waals surface area contributed by atoms with Crippen molar-refractivity contribution in [1.29, 1.82) is 0 Å². The van der Waals surface area contributed by atoms with E-state index in [4.69, 9.17) is 0 Å². The molecule has 186 valence electrons. The number of rotatable bonds is 11. The van der Waals surface area contributed by atoms with Gasteiger partial charge in [0.25, 0.3) is 0 Å². The Morgan fingerprint density at radius 2 is 1.31 bits per heavy atom. The van der Waals surface area contributed by atoms with E-state index in [1.54, 1.807) is 41.7 Å². The molecule has 1 atom stereocenters. The molecule has 0 aromatic heterocycles. The van der Waals surface area contributed by atoms with Gasteiger partial charge in [0.15, 0.2) is 0 Å². The Labute approximate surface area is 194 Å². The van der Waals surface area contributed by atoms with Gasteiger partial charge < -0.3 is 20.4 Å². The minimum absolute atomic E-state index is 0.0453. The first kappa shape index (κ1) is 30.0. The molecule has 0 saturated carbocycles. The number of carbonyl (C=O) groups excluding carboxylic acids is 4. The molecule has 0 bridgehead atoms. The number of Topliss-reactive ketones (excluding diaryl/α,β-unsaturated/α-hetero) is 1. The highest BCUT2D eigenvalue weighted by atomic mass is 16.2. The average molecular weight is 455 g/mol. The summed E-state index contributed by atoms with van der Waals surface area (Å²) in [6.07, 6.45) is 0.372.